The van der Waals surface area contributed by atoms with Crippen LogP contribution in [0.1, 0.15) is 36.7 Å². The molecule has 3 rings (SSSR count). The topological polar surface area (TPSA) is 33.2 Å². The Morgan fingerprint density at radius 2 is 2.32 bits per heavy atom. The second-order valence-electron chi connectivity index (χ2n) is 4.86. The van der Waals surface area contributed by atoms with Gasteiger partial charge in [0.25, 0.3) is 5.91 Å². The van der Waals surface area contributed by atoms with E-state index in [9.17, 15) is 4.79 Å². The van der Waals surface area contributed by atoms with Gasteiger partial charge in [-0.2, -0.15) is 0 Å². The van der Waals surface area contributed by atoms with Crippen LogP contribution in [0.15, 0.2) is 22.9 Å². The zero-order chi connectivity index (χ0) is 13.2. The summed E-state index contributed by atoms with van der Waals surface area (Å²) < 4.78 is 0. The highest BCUT2D eigenvalue weighted by Gasteiger charge is 2.25. The van der Waals surface area contributed by atoms with Gasteiger partial charge in [0.2, 0.25) is 0 Å². The third-order valence-corrected chi connectivity index (χ3v) is 5.40. The van der Waals surface area contributed by atoms with E-state index in [2.05, 4.69) is 11.9 Å². The minimum absolute atomic E-state index is 0.0891. The Balaban J connectivity index is 1.80. The summed E-state index contributed by atoms with van der Waals surface area (Å²) >= 11 is 3.21. The number of nitrogens with zero attached hydrogens (tertiary/aromatic N) is 2. The van der Waals surface area contributed by atoms with Crippen LogP contribution in [0.5, 0.6) is 0 Å². The van der Waals surface area contributed by atoms with E-state index in [1.54, 1.807) is 22.7 Å². The van der Waals surface area contributed by atoms with Crippen molar-refractivity contribution in [2.45, 2.75) is 32.2 Å². The Kier molecular flexibility index (Phi) is 3.66. The molecule has 0 bridgehead atoms. The predicted molar refractivity (Wildman–Crippen MR) is 79.8 cm³/mol. The predicted octanol–water partition coefficient (Wildman–Crippen LogP) is 3.89. The minimum atomic E-state index is 0.0891. The van der Waals surface area contributed by atoms with E-state index >= 15 is 0 Å². The average molecular weight is 292 g/mol. The highest BCUT2D eigenvalue weighted by atomic mass is 32.1. The highest BCUT2D eigenvalue weighted by molar-refractivity contribution is 7.20. The smallest absolute Gasteiger partial charge is 0.273 e. The van der Waals surface area contributed by atoms with Gasteiger partial charge in [-0.05, 0) is 37.6 Å². The first-order valence-electron chi connectivity index (χ1n) is 6.56. The van der Waals surface area contributed by atoms with Crippen LogP contribution in [-0.4, -0.2) is 28.4 Å². The fraction of sp³-hybridized carbons (Fsp3) is 0.429. The zero-order valence-electron chi connectivity index (χ0n) is 10.8. The molecule has 1 aliphatic rings. The Morgan fingerprint density at radius 3 is 3.05 bits per heavy atom. The maximum absolute atomic E-state index is 12.5. The van der Waals surface area contributed by atoms with E-state index < -0.39 is 0 Å². The van der Waals surface area contributed by atoms with Crippen molar-refractivity contribution in [1.82, 2.24) is 9.88 Å². The number of amides is 1. The van der Waals surface area contributed by atoms with E-state index in [4.69, 9.17) is 0 Å². The van der Waals surface area contributed by atoms with Gasteiger partial charge in [0.15, 0.2) is 0 Å². The van der Waals surface area contributed by atoms with Crippen LogP contribution in [0.25, 0.3) is 9.88 Å². The van der Waals surface area contributed by atoms with E-state index in [0.717, 1.165) is 29.3 Å². The molecule has 1 aliphatic heterocycles. The molecule has 1 saturated heterocycles. The Morgan fingerprint density at radius 1 is 1.42 bits per heavy atom. The van der Waals surface area contributed by atoms with Gasteiger partial charge in [-0.25, -0.2) is 4.98 Å². The van der Waals surface area contributed by atoms with Gasteiger partial charge in [-0.15, -0.1) is 22.7 Å². The number of thiazole rings is 1. The standard InChI is InChI=1S/C14H16N2OS2/c1-10-5-2-3-7-16(10)14(17)11-9-19-13(15-11)12-6-4-8-18-12/h4,6,8-10H,2-3,5,7H2,1H3/t10-/m0/s1. The van der Waals surface area contributed by atoms with Crippen LogP contribution < -0.4 is 0 Å². The van der Waals surface area contributed by atoms with Crippen LogP contribution in [0.4, 0.5) is 0 Å². The third kappa shape index (κ3) is 2.58. The van der Waals surface area contributed by atoms with Crippen LogP contribution in [0.3, 0.4) is 0 Å². The van der Waals surface area contributed by atoms with Crippen LogP contribution in [0.2, 0.25) is 0 Å². The molecule has 5 heteroatoms. The summed E-state index contributed by atoms with van der Waals surface area (Å²) in [5, 5.41) is 4.87. The molecule has 3 heterocycles. The lowest BCUT2D eigenvalue weighted by Gasteiger charge is -2.32. The number of hydrogen-bond acceptors (Lipinski definition) is 4. The van der Waals surface area contributed by atoms with Crippen molar-refractivity contribution in [1.29, 1.82) is 0 Å². The van der Waals surface area contributed by atoms with Gasteiger partial charge in [0.1, 0.15) is 10.7 Å². The fourth-order valence-corrected chi connectivity index (χ4v) is 4.04. The van der Waals surface area contributed by atoms with Crippen LogP contribution in [-0.2, 0) is 0 Å². The van der Waals surface area contributed by atoms with Crippen molar-refractivity contribution in [3.8, 4) is 9.88 Å². The molecule has 0 aromatic carbocycles. The molecular formula is C14H16N2OS2. The first-order chi connectivity index (χ1) is 9.25. The lowest BCUT2D eigenvalue weighted by atomic mass is 10.0. The second kappa shape index (κ2) is 5.43. The molecule has 0 saturated carbocycles. The number of thiophene rings is 1. The number of aromatic nitrogens is 1. The van der Waals surface area contributed by atoms with Gasteiger partial charge >= 0.3 is 0 Å². The van der Waals surface area contributed by atoms with Gasteiger partial charge in [-0.3, -0.25) is 4.79 Å². The maximum Gasteiger partial charge on any atom is 0.273 e. The normalized spacial score (nSPS) is 19.6. The molecule has 3 nitrogen and oxygen atoms in total. The van der Waals surface area contributed by atoms with Gasteiger partial charge in [0.05, 0.1) is 4.88 Å². The molecule has 2 aromatic rings. The number of rotatable bonds is 2. The fourth-order valence-electron chi connectivity index (χ4n) is 2.43. The summed E-state index contributed by atoms with van der Waals surface area (Å²) in [5.41, 5.74) is 0.599. The largest absolute Gasteiger partial charge is 0.335 e. The Bertz CT molecular complexity index is 562. The summed E-state index contributed by atoms with van der Waals surface area (Å²) in [7, 11) is 0. The van der Waals surface area contributed by atoms with Crippen molar-refractivity contribution >= 4 is 28.6 Å². The number of likely N-dealkylation sites (tertiary alicyclic amines) is 1. The van der Waals surface area contributed by atoms with Crippen molar-refractivity contribution in [2.75, 3.05) is 6.54 Å². The van der Waals surface area contributed by atoms with E-state index in [1.165, 1.54) is 6.42 Å². The number of carbonyl (C=O) groups excluding carboxylic acids is 1. The Labute approximate surface area is 120 Å². The van der Waals surface area contributed by atoms with Crippen LogP contribution in [0, 0.1) is 0 Å². The van der Waals surface area contributed by atoms with Crippen molar-refractivity contribution < 1.29 is 4.79 Å². The molecule has 1 amide bonds. The molecule has 0 unspecified atom stereocenters. The molecule has 2 aromatic heterocycles. The highest BCUT2D eigenvalue weighted by Crippen LogP contribution is 2.29. The average Bonchev–Trinajstić information content (AvgIpc) is 3.09. The molecule has 0 radical (unpaired) electrons. The van der Waals surface area contributed by atoms with Crippen molar-refractivity contribution in [3.05, 3.63) is 28.6 Å². The number of carbonyl (C=O) groups is 1. The summed E-state index contributed by atoms with van der Waals surface area (Å²) in [4.78, 5) is 20.1. The second-order valence-corrected chi connectivity index (χ2v) is 6.66. The summed E-state index contributed by atoms with van der Waals surface area (Å²) in [6.07, 6.45) is 3.44. The van der Waals surface area contributed by atoms with E-state index in [0.29, 0.717) is 11.7 Å². The van der Waals surface area contributed by atoms with E-state index in [-0.39, 0.29) is 5.91 Å². The maximum atomic E-state index is 12.5. The van der Waals surface area contributed by atoms with E-state index in [1.807, 2.05) is 27.8 Å². The summed E-state index contributed by atoms with van der Waals surface area (Å²) in [5.74, 6) is 0.0891. The lowest BCUT2D eigenvalue weighted by Crippen LogP contribution is -2.42. The first-order valence-corrected chi connectivity index (χ1v) is 8.32. The number of hydrogen-bond donors (Lipinski definition) is 0. The summed E-state index contributed by atoms with van der Waals surface area (Å²) in [6, 6.07) is 4.39. The third-order valence-electron chi connectivity index (χ3n) is 3.52. The molecule has 19 heavy (non-hydrogen) atoms. The molecule has 0 spiro atoms. The molecule has 0 N–H and O–H groups in total. The summed E-state index contributed by atoms with van der Waals surface area (Å²) in [6.45, 7) is 3.00. The van der Waals surface area contributed by atoms with Gasteiger partial charge < -0.3 is 4.90 Å². The van der Waals surface area contributed by atoms with Crippen molar-refractivity contribution in [2.24, 2.45) is 0 Å². The SMILES string of the molecule is C[C@H]1CCCCN1C(=O)c1csc(-c2cccs2)n1. The monoisotopic (exact) mass is 292 g/mol. The molecular weight excluding hydrogens is 276 g/mol. The Hall–Kier alpha value is -1.20. The quantitative estimate of drug-likeness (QED) is 0.841. The first kappa shape index (κ1) is 12.8. The van der Waals surface area contributed by atoms with Gasteiger partial charge in [-0.1, -0.05) is 6.07 Å². The zero-order valence-corrected chi connectivity index (χ0v) is 12.5. The minimum Gasteiger partial charge on any atom is -0.335 e. The van der Waals surface area contributed by atoms with Gasteiger partial charge in [0, 0.05) is 18.0 Å². The molecule has 0 aliphatic carbocycles. The lowest BCUT2D eigenvalue weighted by molar-refractivity contribution is 0.0630. The van der Waals surface area contributed by atoms with Crippen molar-refractivity contribution in [3.63, 3.8) is 0 Å². The van der Waals surface area contributed by atoms with Crippen LogP contribution >= 0.6 is 22.7 Å². The molecule has 100 valence electrons. The molecule has 1 atom stereocenters. The number of piperidine rings is 1. The molecule has 1 fully saturated rings.